The van der Waals surface area contributed by atoms with E-state index in [9.17, 15) is 5.11 Å². The number of aromatic nitrogens is 1. The van der Waals surface area contributed by atoms with E-state index in [1.165, 1.54) is 56.9 Å². The minimum Gasteiger partial charge on any atom is -0.491 e. The molecule has 30 heavy (non-hydrogen) atoms. The predicted octanol–water partition coefficient (Wildman–Crippen LogP) is 7.22. The first-order valence-corrected chi connectivity index (χ1v) is 11.9. The summed E-state index contributed by atoms with van der Waals surface area (Å²) >= 11 is 0. The summed E-state index contributed by atoms with van der Waals surface area (Å²) in [6.45, 7) is 6.81. The van der Waals surface area contributed by atoms with E-state index in [1.54, 1.807) is 0 Å². The zero-order valence-electron chi connectivity index (χ0n) is 19.3. The van der Waals surface area contributed by atoms with Crippen LogP contribution in [0.4, 0.5) is 0 Å². The van der Waals surface area contributed by atoms with Crippen LogP contribution in [-0.2, 0) is 6.42 Å². The number of hydrogen-bond donors (Lipinski definition) is 1. The molecule has 1 atom stereocenters. The first-order chi connectivity index (χ1) is 14.6. The number of ether oxygens (including phenoxy) is 1. The monoisotopic (exact) mass is 411 g/mol. The zero-order valence-corrected chi connectivity index (χ0v) is 19.3. The van der Waals surface area contributed by atoms with Crippen molar-refractivity contribution in [3.05, 3.63) is 48.2 Å². The predicted molar refractivity (Wildman–Crippen MR) is 127 cm³/mol. The maximum Gasteiger partial charge on any atom is 0.119 e. The molecule has 1 heterocycles. The Labute approximate surface area is 183 Å². The van der Waals surface area contributed by atoms with Gasteiger partial charge >= 0.3 is 0 Å². The van der Waals surface area contributed by atoms with Gasteiger partial charge in [-0.1, -0.05) is 71.8 Å². The number of aliphatic hydroxyl groups excluding tert-OH is 1. The average molecular weight is 412 g/mol. The van der Waals surface area contributed by atoms with Gasteiger partial charge in [0.2, 0.25) is 0 Å². The van der Waals surface area contributed by atoms with Crippen LogP contribution < -0.4 is 4.74 Å². The fourth-order valence-corrected chi connectivity index (χ4v) is 3.73. The van der Waals surface area contributed by atoms with Crippen molar-refractivity contribution in [2.24, 2.45) is 5.92 Å². The Morgan fingerprint density at radius 3 is 2.13 bits per heavy atom. The number of unbranched alkanes of at least 4 members (excludes halogenated alkanes) is 7. The van der Waals surface area contributed by atoms with E-state index in [-0.39, 0.29) is 0 Å². The highest BCUT2D eigenvalue weighted by atomic mass is 16.5. The van der Waals surface area contributed by atoms with Crippen molar-refractivity contribution in [3.63, 3.8) is 0 Å². The minimum absolute atomic E-state index is 0.337. The second kappa shape index (κ2) is 14.2. The molecule has 0 radical (unpaired) electrons. The van der Waals surface area contributed by atoms with Gasteiger partial charge in [-0.05, 0) is 61.1 Å². The molecule has 2 aromatic rings. The number of nitrogens with zero attached hydrogens (tertiary/aromatic N) is 1. The van der Waals surface area contributed by atoms with Crippen molar-refractivity contribution in [2.45, 2.75) is 91.1 Å². The SMILES string of the molecule is CCCCCCCCCCc1ccc(-c2ccc(OCC(O)CC(C)C)cc2)nc1. The molecule has 0 aliphatic carbocycles. The van der Waals surface area contributed by atoms with Gasteiger partial charge in [-0.15, -0.1) is 0 Å². The van der Waals surface area contributed by atoms with Gasteiger partial charge in [-0.25, -0.2) is 0 Å². The molecule has 0 amide bonds. The number of rotatable bonds is 15. The molecular weight excluding hydrogens is 370 g/mol. The molecule has 0 spiro atoms. The van der Waals surface area contributed by atoms with E-state index in [0.717, 1.165) is 29.8 Å². The van der Waals surface area contributed by atoms with Gasteiger partial charge in [0.25, 0.3) is 0 Å². The molecule has 0 aliphatic rings. The van der Waals surface area contributed by atoms with Gasteiger partial charge < -0.3 is 9.84 Å². The largest absolute Gasteiger partial charge is 0.491 e. The fourth-order valence-electron chi connectivity index (χ4n) is 3.73. The number of aliphatic hydroxyl groups is 1. The maximum absolute atomic E-state index is 9.94. The Morgan fingerprint density at radius 1 is 0.867 bits per heavy atom. The third kappa shape index (κ3) is 9.75. The lowest BCUT2D eigenvalue weighted by molar-refractivity contribution is 0.0893. The van der Waals surface area contributed by atoms with Crippen LogP contribution in [0.1, 0.15) is 84.1 Å². The van der Waals surface area contributed by atoms with Gasteiger partial charge in [0, 0.05) is 11.8 Å². The van der Waals surface area contributed by atoms with Crippen LogP contribution in [0.3, 0.4) is 0 Å². The number of pyridine rings is 1. The van der Waals surface area contributed by atoms with E-state index >= 15 is 0 Å². The Bertz CT molecular complexity index is 679. The summed E-state index contributed by atoms with van der Waals surface area (Å²) in [5.74, 6) is 1.25. The number of aryl methyl sites for hydroxylation is 1. The van der Waals surface area contributed by atoms with Crippen molar-refractivity contribution in [1.29, 1.82) is 0 Å². The van der Waals surface area contributed by atoms with Gasteiger partial charge in [-0.2, -0.15) is 0 Å². The van der Waals surface area contributed by atoms with Crippen LogP contribution in [0, 0.1) is 5.92 Å². The number of hydrogen-bond acceptors (Lipinski definition) is 3. The standard InChI is InChI=1S/C27H41NO2/c1-4-5-6-7-8-9-10-11-12-23-13-18-27(28-20-23)24-14-16-26(17-15-24)30-21-25(29)19-22(2)3/h13-18,20,22,25,29H,4-12,19,21H2,1-3H3. The Kier molecular flexibility index (Phi) is 11.5. The van der Waals surface area contributed by atoms with E-state index in [4.69, 9.17) is 4.74 Å². The molecule has 3 nitrogen and oxygen atoms in total. The van der Waals surface area contributed by atoms with Crippen molar-refractivity contribution in [3.8, 4) is 17.0 Å². The quantitative estimate of drug-likeness (QED) is 0.315. The molecule has 1 unspecified atom stereocenters. The molecule has 2 rings (SSSR count). The van der Waals surface area contributed by atoms with E-state index in [0.29, 0.717) is 12.5 Å². The van der Waals surface area contributed by atoms with Gasteiger partial charge in [0.05, 0.1) is 11.8 Å². The molecule has 1 aromatic heterocycles. The first kappa shape index (κ1) is 24.4. The summed E-state index contributed by atoms with van der Waals surface area (Å²) in [5, 5.41) is 9.94. The lowest BCUT2D eigenvalue weighted by atomic mass is 10.0. The van der Waals surface area contributed by atoms with E-state index in [2.05, 4.69) is 37.9 Å². The number of benzene rings is 1. The van der Waals surface area contributed by atoms with Crippen LogP contribution in [0.2, 0.25) is 0 Å². The highest BCUT2D eigenvalue weighted by Gasteiger charge is 2.08. The van der Waals surface area contributed by atoms with E-state index < -0.39 is 6.10 Å². The second-order valence-electron chi connectivity index (χ2n) is 8.90. The van der Waals surface area contributed by atoms with Crippen molar-refractivity contribution < 1.29 is 9.84 Å². The lowest BCUT2D eigenvalue weighted by Gasteiger charge is -2.14. The van der Waals surface area contributed by atoms with Crippen LogP contribution in [0.5, 0.6) is 5.75 Å². The van der Waals surface area contributed by atoms with Crippen LogP contribution in [-0.4, -0.2) is 22.8 Å². The summed E-state index contributed by atoms with van der Waals surface area (Å²) < 4.78 is 5.70. The van der Waals surface area contributed by atoms with Crippen molar-refractivity contribution >= 4 is 0 Å². The van der Waals surface area contributed by atoms with Gasteiger partial charge in [0.1, 0.15) is 12.4 Å². The molecule has 0 bridgehead atoms. The topological polar surface area (TPSA) is 42.4 Å². The van der Waals surface area contributed by atoms with E-state index in [1.807, 2.05) is 30.5 Å². The summed E-state index contributed by atoms with van der Waals surface area (Å²) in [6, 6.07) is 12.3. The van der Waals surface area contributed by atoms with Crippen LogP contribution >= 0.6 is 0 Å². The molecule has 0 fully saturated rings. The summed E-state index contributed by atoms with van der Waals surface area (Å²) in [4.78, 5) is 4.65. The zero-order chi connectivity index (χ0) is 21.6. The Morgan fingerprint density at radius 2 is 1.53 bits per heavy atom. The Balaban J connectivity index is 1.71. The first-order valence-electron chi connectivity index (χ1n) is 11.9. The van der Waals surface area contributed by atoms with Crippen LogP contribution in [0.15, 0.2) is 42.6 Å². The van der Waals surface area contributed by atoms with Crippen molar-refractivity contribution in [2.75, 3.05) is 6.61 Å². The van der Waals surface area contributed by atoms with Gasteiger partial charge in [-0.3, -0.25) is 4.98 Å². The lowest BCUT2D eigenvalue weighted by Crippen LogP contribution is -2.19. The smallest absolute Gasteiger partial charge is 0.119 e. The maximum atomic E-state index is 9.94. The average Bonchev–Trinajstić information content (AvgIpc) is 2.74. The van der Waals surface area contributed by atoms with Crippen LogP contribution in [0.25, 0.3) is 11.3 Å². The fraction of sp³-hybridized carbons (Fsp3) is 0.593. The summed E-state index contributed by atoms with van der Waals surface area (Å²) in [6.07, 6.45) is 14.3. The highest BCUT2D eigenvalue weighted by Crippen LogP contribution is 2.22. The van der Waals surface area contributed by atoms with Crippen molar-refractivity contribution in [1.82, 2.24) is 4.98 Å². The molecule has 1 aromatic carbocycles. The van der Waals surface area contributed by atoms with Gasteiger partial charge in [0.15, 0.2) is 0 Å². The molecule has 1 N–H and O–H groups in total. The molecule has 0 aliphatic heterocycles. The molecule has 0 saturated carbocycles. The molecule has 0 saturated heterocycles. The molecule has 166 valence electrons. The highest BCUT2D eigenvalue weighted by molar-refractivity contribution is 5.60. The molecular formula is C27H41NO2. The summed E-state index contributed by atoms with van der Waals surface area (Å²) in [5.41, 5.74) is 3.40. The summed E-state index contributed by atoms with van der Waals surface area (Å²) in [7, 11) is 0. The Hall–Kier alpha value is -1.87. The second-order valence-corrected chi connectivity index (χ2v) is 8.90. The third-order valence-electron chi connectivity index (χ3n) is 5.48. The normalized spacial score (nSPS) is 12.3. The third-order valence-corrected chi connectivity index (χ3v) is 5.48. The minimum atomic E-state index is -0.417. The molecule has 3 heteroatoms.